The van der Waals surface area contributed by atoms with Crippen LogP contribution in [0, 0.1) is 0 Å². The number of anilines is 1. The SMILES string of the molecule is CNC(=O)c1ccc(N2CCc3ccccc3C2c2c[nH]c3ccccc23)cc1. The standard InChI is InChI=1S/C25H23N3O/c1-26-25(29)18-10-12-19(13-11-18)28-15-14-17-6-2-3-7-20(17)24(28)22-16-27-23-9-5-4-8-21(22)23/h2-13,16,24,27H,14-15H2,1H3,(H,26,29). The van der Waals surface area contributed by atoms with Gasteiger partial charge >= 0.3 is 0 Å². The van der Waals surface area contributed by atoms with E-state index in [2.05, 4.69) is 82.1 Å². The smallest absolute Gasteiger partial charge is 0.251 e. The van der Waals surface area contributed by atoms with E-state index in [1.54, 1.807) is 7.05 Å². The van der Waals surface area contributed by atoms with Gasteiger partial charge in [-0.25, -0.2) is 0 Å². The summed E-state index contributed by atoms with van der Waals surface area (Å²) in [5, 5.41) is 3.94. The summed E-state index contributed by atoms with van der Waals surface area (Å²) in [5.41, 5.74) is 6.99. The van der Waals surface area contributed by atoms with E-state index in [1.165, 1.54) is 22.1 Å². The molecule has 4 aromatic rings. The van der Waals surface area contributed by atoms with E-state index in [0.717, 1.165) is 24.2 Å². The van der Waals surface area contributed by atoms with Crippen LogP contribution in [0.15, 0.2) is 79.0 Å². The Hall–Kier alpha value is -3.53. The number of rotatable bonds is 3. The van der Waals surface area contributed by atoms with Crippen molar-refractivity contribution in [2.24, 2.45) is 0 Å². The molecule has 29 heavy (non-hydrogen) atoms. The van der Waals surface area contributed by atoms with Crippen molar-refractivity contribution in [2.45, 2.75) is 12.5 Å². The lowest BCUT2D eigenvalue weighted by molar-refractivity contribution is 0.0963. The summed E-state index contributed by atoms with van der Waals surface area (Å²) in [6.07, 6.45) is 3.15. The first-order valence-corrected chi connectivity index (χ1v) is 9.99. The minimum atomic E-state index is -0.0614. The number of para-hydroxylation sites is 1. The summed E-state index contributed by atoms with van der Waals surface area (Å²) in [5.74, 6) is -0.0614. The van der Waals surface area contributed by atoms with Gasteiger partial charge in [0.15, 0.2) is 0 Å². The van der Waals surface area contributed by atoms with Gasteiger partial charge < -0.3 is 15.2 Å². The van der Waals surface area contributed by atoms with Gasteiger partial charge in [0, 0.05) is 47.5 Å². The summed E-state index contributed by atoms with van der Waals surface area (Å²) < 4.78 is 0. The Kier molecular flexibility index (Phi) is 4.32. The molecule has 2 N–H and O–H groups in total. The molecule has 5 rings (SSSR count). The average molecular weight is 381 g/mol. The summed E-state index contributed by atoms with van der Waals surface area (Å²) in [6, 6.07) is 25.2. The molecule has 1 amide bonds. The predicted molar refractivity (Wildman–Crippen MR) is 117 cm³/mol. The number of hydrogen-bond donors (Lipinski definition) is 2. The van der Waals surface area contributed by atoms with E-state index >= 15 is 0 Å². The second-order valence-corrected chi connectivity index (χ2v) is 7.46. The zero-order chi connectivity index (χ0) is 19.8. The lowest BCUT2D eigenvalue weighted by Crippen LogP contribution is -2.36. The number of nitrogens with one attached hydrogen (secondary N) is 2. The Morgan fingerprint density at radius 2 is 1.72 bits per heavy atom. The first-order valence-electron chi connectivity index (χ1n) is 9.99. The molecule has 1 aliphatic heterocycles. The lowest BCUT2D eigenvalue weighted by atomic mass is 9.87. The number of aromatic amines is 1. The largest absolute Gasteiger partial charge is 0.361 e. The molecule has 0 aliphatic carbocycles. The van der Waals surface area contributed by atoms with Crippen LogP contribution < -0.4 is 10.2 Å². The van der Waals surface area contributed by atoms with Crippen LogP contribution in [0.4, 0.5) is 5.69 Å². The van der Waals surface area contributed by atoms with Gasteiger partial charge in [-0.3, -0.25) is 4.79 Å². The van der Waals surface area contributed by atoms with E-state index in [-0.39, 0.29) is 11.9 Å². The molecule has 0 radical (unpaired) electrons. The number of benzene rings is 3. The fourth-order valence-electron chi connectivity index (χ4n) is 4.45. The number of aromatic nitrogens is 1. The Morgan fingerprint density at radius 1 is 0.966 bits per heavy atom. The van der Waals surface area contributed by atoms with Gasteiger partial charge in [0.05, 0.1) is 6.04 Å². The molecular formula is C25H23N3O. The highest BCUT2D eigenvalue weighted by molar-refractivity contribution is 5.94. The van der Waals surface area contributed by atoms with Crippen molar-refractivity contribution in [1.29, 1.82) is 0 Å². The zero-order valence-electron chi connectivity index (χ0n) is 16.4. The third kappa shape index (κ3) is 2.97. The van der Waals surface area contributed by atoms with Crippen LogP contribution >= 0.6 is 0 Å². The van der Waals surface area contributed by atoms with E-state index in [1.807, 2.05) is 12.1 Å². The first-order chi connectivity index (χ1) is 14.3. The van der Waals surface area contributed by atoms with E-state index in [4.69, 9.17) is 0 Å². The number of hydrogen-bond acceptors (Lipinski definition) is 2. The first kappa shape index (κ1) is 17.6. The topological polar surface area (TPSA) is 48.1 Å². The van der Waals surface area contributed by atoms with Crippen LogP contribution in [0.5, 0.6) is 0 Å². The molecule has 1 atom stereocenters. The van der Waals surface area contributed by atoms with Gasteiger partial charge in [-0.1, -0.05) is 42.5 Å². The normalized spacial score (nSPS) is 15.9. The van der Waals surface area contributed by atoms with Gasteiger partial charge in [-0.2, -0.15) is 0 Å². The van der Waals surface area contributed by atoms with Gasteiger partial charge in [-0.15, -0.1) is 0 Å². The number of carbonyl (C=O) groups excluding carboxylic acids is 1. The Bertz CT molecular complexity index is 1180. The van der Waals surface area contributed by atoms with E-state index < -0.39 is 0 Å². The highest BCUT2D eigenvalue weighted by atomic mass is 16.1. The Morgan fingerprint density at radius 3 is 2.55 bits per heavy atom. The molecule has 0 spiro atoms. The third-order valence-electron chi connectivity index (χ3n) is 5.89. The van der Waals surface area contributed by atoms with Crippen molar-refractivity contribution in [1.82, 2.24) is 10.3 Å². The van der Waals surface area contributed by atoms with E-state index in [9.17, 15) is 4.79 Å². The van der Waals surface area contributed by atoms with Gasteiger partial charge in [-0.05, 0) is 47.9 Å². The number of carbonyl (C=O) groups is 1. The maximum absolute atomic E-state index is 11.9. The van der Waals surface area contributed by atoms with Gasteiger partial charge in [0.25, 0.3) is 5.91 Å². The summed E-state index contributed by atoms with van der Waals surface area (Å²) >= 11 is 0. The highest BCUT2D eigenvalue weighted by Crippen LogP contribution is 2.40. The highest BCUT2D eigenvalue weighted by Gasteiger charge is 2.30. The second kappa shape index (κ2) is 7.13. The number of H-pyrrole nitrogens is 1. The lowest BCUT2D eigenvalue weighted by Gasteiger charge is -2.39. The minimum absolute atomic E-state index is 0.0614. The van der Waals surface area contributed by atoms with Crippen molar-refractivity contribution in [3.05, 3.63) is 101 Å². The summed E-state index contributed by atoms with van der Waals surface area (Å²) in [4.78, 5) is 17.8. The number of fused-ring (bicyclic) bond motifs is 2. The molecule has 0 saturated heterocycles. The van der Waals surface area contributed by atoms with Crippen molar-refractivity contribution in [3.8, 4) is 0 Å². The van der Waals surface area contributed by atoms with Crippen molar-refractivity contribution >= 4 is 22.5 Å². The molecule has 3 aromatic carbocycles. The van der Waals surface area contributed by atoms with E-state index in [0.29, 0.717) is 5.56 Å². The molecule has 144 valence electrons. The van der Waals surface area contributed by atoms with Crippen LogP contribution in [0.2, 0.25) is 0 Å². The maximum Gasteiger partial charge on any atom is 0.251 e. The maximum atomic E-state index is 11.9. The molecule has 4 heteroatoms. The predicted octanol–water partition coefficient (Wildman–Crippen LogP) is 4.68. The summed E-state index contributed by atoms with van der Waals surface area (Å²) in [6.45, 7) is 0.931. The van der Waals surface area contributed by atoms with Crippen molar-refractivity contribution < 1.29 is 4.79 Å². The third-order valence-corrected chi connectivity index (χ3v) is 5.89. The molecule has 0 bridgehead atoms. The van der Waals surface area contributed by atoms with Crippen LogP contribution in [0.3, 0.4) is 0 Å². The number of nitrogens with zero attached hydrogens (tertiary/aromatic N) is 1. The summed E-state index contributed by atoms with van der Waals surface area (Å²) in [7, 11) is 1.66. The van der Waals surface area contributed by atoms with Crippen LogP contribution in [-0.2, 0) is 6.42 Å². The minimum Gasteiger partial charge on any atom is -0.361 e. The Balaban J connectivity index is 1.64. The molecule has 1 unspecified atom stereocenters. The monoisotopic (exact) mass is 381 g/mol. The van der Waals surface area contributed by atoms with Crippen LogP contribution in [0.1, 0.15) is 33.1 Å². The fourth-order valence-corrected chi connectivity index (χ4v) is 4.45. The molecule has 4 nitrogen and oxygen atoms in total. The number of amides is 1. The molecule has 0 fully saturated rings. The molecule has 2 heterocycles. The van der Waals surface area contributed by atoms with Gasteiger partial charge in [0.1, 0.15) is 0 Å². The molecule has 1 aromatic heterocycles. The average Bonchev–Trinajstić information content (AvgIpc) is 3.21. The molecule has 0 saturated carbocycles. The van der Waals surface area contributed by atoms with Crippen LogP contribution in [0.25, 0.3) is 10.9 Å². The van der Waals surface area contributed by atoms with Crippen molar-refractivity contribution in [3.63, 3.8) is 0 Å². The van der Waals surface area contributed by atoms with Crippen molar-refractivity contribution in [2.75, 3.05) is 18.5 Å². The Labute approximate surface area is 170 Å². The molecular weight excluding hydrogens is 358 g/mol. The fraction of sp³-hybridized carbons (Fsp3) is 0.160. The quantitative estimate of drug-likeness (QED) is 0.541. The molecule has 1 aliphatic rings. The van der Waals surface area contributed by atoms with Crippen LogP contribution in [-0.4, -0.2) is 24.5 Å². The zero-order valence-corrected chi connectivity index (χ0v) is 16.4. The van der Waals surface area contributed by atoms with Gasteiger partial charge in [0.2, 0.25) is 0 Å². The second-order valence-electron chi connectivity index (χ2n) is 7.46.